The van der Waals surface area contributed by atoms with Gasteiger partial charge in [0.2, 0.25) is 5.91 Å². The van der Waals surface area contributed by atoms with Crippen LogP contribution in [0.5, 0.6) is 0 Å². The first-order chi connectivity index (χ1) is 10.1. The third-order valence-corrected chi connectivity index (χ3v) is 5.04. The fourth-order valence-corrected chi connectivity index (χ4v) is 3.71. The molecular weight excluding hydrogens is 349 g/mol. The summed E-state index contributed by atoms with van der Waals surface area (Å²) in [7, 11) is 0. The summed E-state index contributed by atoms with van der Waals surface area (Å²) in [6.07, 6.45) is 6.06. The monoisotopic (exact) mass is 383 g/mol. The highest BCUT2D eigenvalue weighted by atomic mass is 35.5. The van der Waals surface area contributed by atoms with Crippen LogP contribution in [0.25, 0.3) is 0 Å². The minimum absolute atomic E-state index is 0. The SMILES string of the molecule is CC1(C)CN(C2(CNC(=O)C(C)(C)N)CCCCC2)CCO1.Cl.Cl. The van der Waals surface area contributed by atoms with E-state index in [0.717, 1.165) is 32.5 Å². The molecule has 24 heavy (non-hydrogen) atoms. The maximum Gasteiger partial charge on any atom is 0.239 e. The van der Waals surface area contributed by atoms with Crippen molar-refractivity contribution in [1.29, 1.82) is 0 Å². The minimum Gasteiger partial charge on any atom is -0.373 e. The first-order valence-electron chi connectivity index (χ1n) is 8.61. The Hall–Kier alpha value is -0.0700. The summed E-state index contributed by atoms with van der Waals surface area (Å²) in [4.78, 5) is 14.7. The number of amides is 1. The maximum absolute atomic E-state index is 12.2. The summed E-state index contributed by atoms with van der Waals surface area (Å²) in [5.74, 6) is -0.0648. The summed E-state index contributed by atoms with van der Waals surface area (Å²) < 4.78 is 5.86. The van der Waals surface area contributed by atoms with Crippen LogP contribution in [0.3, 0.4) is 0 Å². The number of hydrogen-bond donors (Lipinski definition) is 2. The summed E-state index contributed by atoms with van der Waals surface area (Å²) >= 11 is 0. The average Bonchev–Trinajstić information content (AvgIpc) is 2.43. The Morgan fingerprint density at radius 3 is 2.29 bits per heavy atom. The van der Waals surface area contributed by atoms with E-state index in [-0.39, 0.29) is 41.9 Å². The zero-order valence-electron chi connectivity index (χ0n) is 15.5. The van der Waals surface area contributed by atoms with E-state index in [9.17, 15) is 4.79 Å². The first-order valence-corrected chi connectivity index (χ1v) is 8.61. The van der Waals surface area contributed by atoms with E-state index in [2.05, 4.69) is 24.1 Å². The topological polar surface area (TPSA) is 67.6 Å². The molecule has 2 fully saturated rings. The van der Waals surface area contributed by atoms with Crippen molar-refractivity contribution in [2.75, 3.05) is 26.2 Å². The van der Waals surface area contributed by atoms with Crippen LogP contribution < -0.4 is 11.1 Å². The summed E-state index contributed by atoms with van der Waals surface area (Å²) in [5.41, 5.74) is 5.05. The van der Waals surface area contributed by atoms with E-state index in [1.54, 1.807) is 13.8 Å². The molecule has 1 aliphatic heterocycles. The Bertz CT molecular complexity index is 405. The molecule has 1 saturated carbocycles. The third kappa shape index (κ3) is 6.03. The van der Waals surface area contributed by atoms with Crippen molar-refractivity contribution in [1.82, 2.24) is 10.2 Å². The Balaban J connectivity index is 0.00000264. The van der Waals surface area contributed by atoms with E-state index >= 15 is 0 Å². The van der Waals surface area contributed by atoms with Gasteiger partial charge in [-0.3, -0.25) is 9.69 Å². The molecule has 1 aliphatic carbocycles. The Morgan fingerprint density at radius 2 is 1.79 bits per heavy atom. The number of rotatable bonds is 4. The zero-order valence-corrected chi connectivity index (χ0v) is 17.2. The molecule has 0 aromatic rings. The molecule has 0 radical (unpaired) electrons. The van der Waals surface area contributed by atoms with Gasteiger partial charge in [0, 0.05) is 25.2 Å². The van der Waals surface area contributed by atoms with Crippen LogP contribution in [0.4, 0.5) is 0 Å². The normalized spacial score (nSPS) is 23.5. The Morgan fingerprint density at radius 1 is 1.21 bits per heavy atom. The maximum atomic E-state index is 12.2. The molecule has 2 rings (SSSR count). The van der Waals surface area contributed by atoms with E-state index in [4.69, 9.17) is 10.5 Å². The van der Waals surface area contributed by atoms with Gasteiger partial charge in [-0.15, -0.1) is 24.8 Å². The van der Waals surface area contributed by atoms with Crippen LogP contribution in [-0.4, -0.2) is 53.7 Å². The summed E-state index contributed by atoms with van der Waals surface area (Å²) in [6, 6.07) is 0. The summed E-state index contributed by atoms with van der Waals surface area (Å²) in [6.45, 7) is 11.2. The number of nitrogens with one attached hydrogen (secondary N) is 1. The van der Waals surface area contributed by atoms with Crippen molar-refractivity contribution >= 4 is 30.7 Å². The fourth-order valence-electron chi connectivity index (χ4n) is 3.71. The molecule has 1 saturated heterocycles. The molecule has 0 unspecified atom stereocenters. The lowest BCUT2D eigenvalue weighted by atomic mass is 9.79. The van der Waals surface area contributed by atoms with Crippen molar-refractivity contribution in [3.63, 3.8) is 0 Å². The molecule has 2 aliphatic rings. The van der Waals surface area contributed by atoms with Gasteiger partial charge in [0.25, 0.3) is 0 Å². The van der Waals surface area contributed by atoms with Crippen molar-refractivity contribution in [3.05, 3.63) is 0 Å². The molecule has 7 heteroatoms. The number of carbonyl (C=O) groups is 1. The second-order valence-corrected chi connectivity index (χ2v) is 8.22. The molecule has 0 atom stereocenters. The van der Waals surface area contributed by atoms with Crippen molar-refractivity contribution in [2.24, 2.45) is 5.73 Å². The molecule has 0 spiro atoms. The van der Waals surface area contributed by atoms with Crippen LogP contribution >= 0.6 is 24.8 Å². The van der Waals surface area contributed by atoms with Gasteiger partial charge in [0.1, 0.15) is 0 Å². The lowest BCUT2D eigenvalue weighted by Crippen LogP contribution is -2.64. The predicted molar refractivity (Wildman–Crippen MR) is 103 cm³/mol. The van der Waals surface area contributed by atoms with Crippen LogP contribution in [0, 0.1) is 0 Å². The lowest BCUT2D eigenvalue weighted by Gasteiger charge is -2.51. The lowest BCUT2D eigenvalue weighted by molar-refractivity contribution is -0.131. The number of nitrogens with two attached hydrogens (primary N) is 1. The van der Waals surface area contributed by atoms with Gasteiger partial charge in [0.05, 0.1) is 17.7 Å². The number of nitrogens with zero attached hydrogens (tertiary/aromatic N) is 1. The van der Waals surface area contributed by atoms with Crippen LogP contribution in [0.15, 0.2) is 0 Å². The summed E-state index contributed by atoms with van der Waals surface area (Å²) in [5, 5.41) is 3.11. The van der Waals surface area contributed by atoms with Crippen LogP contribution in [0.1, 0.15) is 59.8 Å². The van der Waals surface area contributed by atoms with Crippen LogP contribution in [0.2, 0.25) is 0 Å². The van der Waals surface area contributed by atoms with Gasteiger partial charge in [-0.2, -0.15) is 0 Å². The molecule has 0 aromatic carbocycles. The van der Waals surface area contributed by atoms with Gasteiger partial charge >= 0.3 is 0 Å². The van der Waals surface area contributed by atoms with Crippen molar-refractivity contribution in [2.45, 2.75) is 76.5 Å². The predicted octanol–water partition coefficient (Wildman–Crippen LogP) is 2.50. The first kappa shape index (κ1) is 23.9. The molecule has 144 valence electrons. The number of halogens is 2. The van der Waals surface area contributed by atoms with Crippen molar-refractivity contribution < 1.29 is 9.53 Å². The van der Waals surface area contributed by atoms with E-state index in [1.807, 2.05) is 0 Å². The van der Waals surface area contributed by atoms with Crippen molar-refractivity contribution in [3.8, 4) is 0 Å². The van der Waals surface area contributed by atoms with Crippen LogP contribution in [-0.2, 0) is 9.53 Å². The minimum atomic E-state index is -0.819. The standard InChI is InChI=1S/C17H33N3O2.2ClH/c1-15(2)13-20(10-11-22-15)17(8-6-5-7-9-17)12-19-14(21)16(3,4)18;;/h5-13,18H2,1-4H3,(H,19,21);2*1H. The highest BCUT2D eigenvalue weighted by Crippen LogP contribution is 2.36. The number of morpholine rings is 1. The molecule has 1 amide bonds. The van der Waals surface area contributed by atoms with E-state index in [1.165, 1.54) is 19.3 Å². The molecule has 5 nitrogen and oxygen atoms in total. The fraction of sp³-hybridized carbons (Fsp3) is 0.941. The van der Waals surface area contributed by atoms with Gasteiger partial charge in [-0.1, -0.05) is 19.3 Å². The highest BCUT2D eigenvalue weighted by Gasteiger charge is 2.42. The van der Waals surface area contributed by atoms with Gasteiger partial charge in [-0.25, -0.2) is 0 Å². The Kier molecular flexibility index (Phi) is 9.01. The molecule has 0 aromatic heterocycles. The van der Waals surface area contributed by atoms with E-state index < -0.39 is 5.54 Å². The van der Waals surface area contributed by atoms with Gasteiger partial charge < -0.3 is 15.8 Å². The average molecular weight is 384 g/mol. The number of carbonyl (C=O) groups excluding carboxylic acids is 1. The zero-order chi connectivity index (χ0) is 16.4. The molecular formula is C17H35Cl2N3O2. The molecule has 3 N–H and O–H groups in total. The second kappa shape index (κ2) is 9.04. The quantitative estimate of drug-likeness (QED) is 0.782. The van der Waals surface area contributed by atoms with Gasteiger partial charge in [0.15, 0.2) is 0 Å². The Labute approximate surface area is 159 Å². The molecule has 1 heterocycles. The second-order valence-electron chi connectivity index (χ2n) is 8.22. The van der Waals surface area contributed by atoms with Gasteiger partial charge in [-0.05, 0) is 40.5 Å². The van der Waals surface area contributed by atoms with E-state index in [0.29, 0.717) is 6.54 Å². The smallest absolute Gasteiger partial charge is 0.239 e. The highest BCUT2D eigenvalue weighted by molar-refractivity contribution is 5.86. The third-order valence-electron chi connectivity index (χ3n) is 5.04. The number of hydrogen-bond acceptors (Lipinski definition) is 4. The number of ether oxygens (including phenoxy) is 1. The molecule has 0 bridgehead atoms. The largest absolute Gasteiger partial charge is 0.373 e.